The monoisotopic (exact) mass is 278 g/mol. The van der Waals surface area contributed by atoms with E-state index in [0.717, 1.165) is 34.4 Å². The van der Waals surface area contributed by atoms with Crippen LogP contribution in [0.15, 0.2) is 54.1 Å². The Morgan fingerprint density at radius 3 is 2.48 bits per heavy atom. The summed E-state index contributed by atoms with van der Waals surface area (Å²) in [6, 6.07) is 15.5. The first-order valence-electron chi connectivity index (χ1n) is 7.05. The van der Waals surface area contributed by atoms with E-state index in [4.69, 9.17) is 9.47 Å². The van der Waals surface area contributed by atoms with Gasteiger partial charge in [-0.2, -0.15) is 0 Å². The van der Waals surface area contributed by atoms with Crippen LogP contribution in [0.1, 0.15) is 27.9 Å². The van der Waals surface area contributed by atoms with E-state index in [-0.39, 0.29) is 12.6 Å². The van der Waals surface area contributed by atoms with E-state index in [1.165, 1.54) is 0 Å². The first-order chi connectivity index (χ1) is 10.3. The second-order valence-electron chi connectivity index (χ2n) is 5.20. The molecule has 1 aliphatic carbocycles. The van der Waals surface area contributed by atoms with Crippen molar-refractivity contribution < 1.29 is 14.3 Å². The van der Waals surface area contributed by atoms with Crippen molar-refractivity contribution in [2.24, 2.45) is 0 Å². The zero-order valence-electron chi connectivity index (χ0n) is 11.5. The van der Waals surface area contributed by atoms with Gasteiger partial charge in [-0.05, 0) is 30.5 Å². The third-order valence-corrected chi connectivity index (χ3v) is 4.00. The number of carbonyl (C=O) groups excluding carboxylic acids is 1. The molecule has 0 saturated carbocycles. The van der Waals surface area contributed by atoms with Crippen LogP contribution >= 0.6 is 0 Å². The lowest BCUT2D eigenvalue weighted by atomic mass is 9.85. The number of ether oxygens (including phenoxy) is 2. The molecule has 0 spiro atoms. The highest BCUT2D eigenvalue weighted by Crippen LogP contribution is 2.37. The molecule has 2 aliphatic rings. The molecule has 0 atom stereocenters. The number of hydrogen-bond donors (Lipinski definition) is 0. The van der Waals surface area contributed by atoms with Gasteiger partial charge in [0, 0.05) is 11.1 Å². The molecule has 0 N–H and O–H groups in total. The maximum absolute atomic E-state index is 12.7. The number of Topliss-reactive ketones (excluding diaryl/α,β-unsaturated/α-hetero) is 1. The lowest BCUT2D eigenvalue weighted by Crippen LogP contribution is -2.19. The van der Waals surface area contributed by atoms with Crippen LogP contribution in [0, 0.1) is 0 Å². The maximum atomic E-state index is 12.7. The number of para-hydroxylation sites is 1. The summed E-state index contributed by atoms with van der Waals surface area (Å²) >= 11 is 0. The average molecular weight is 278 g/mol. The zero-order chi connectivity index (χ0) is 14.2. The molecule has 0 fully saturated rings. The molecule has 1 heterocycles. The fourth-order valence-electron chi connectivity index (χ4n) is 2.97. The van der Waals surface area contributed by atoms with Gasteiger partial charge in [-0.25, -0.2) is 0 Å². The molecule has 0 aromatic heterocycles. The summed E-state index contributed by atoms with van der Waals surface area (Å²) in [4.78, 5) is 12.7. The Balaban J connectivity index is 1.86. The van der Waals surface area contributed by atoms with Gasteiger partial charge in [-0.15, -0.1) is 0 Å². The third kappa shape index (κ3) is 1.93. The van der Waals surface area contributed by atoms with E-state index in [2.05, 4.69) is 0 Å². The largest absolute Gasteiger partial charge is 0.457 e. The minimum atomic E-state index is 0.0727. The number of fused-ring (bicyclic) bond motifs is 2. The smallest absolute Gasteiger partial charge is 0.230 e. The molecular formula is C18H14O3. The molecular weight excluding hydrogens is 264 g/mol. The van der Waals surface area contributed by atoms with Crippen LogP contribution in [-0.2, 0) is 11.2 Å². The Hall–Kier alpha value is -2.55. The van der Waals surface area contributed by atoms with Crippen molar-refractivity contribution in [3.05, 3.63) is 70.8 Å². The first kappa shape index (κ1) is 12.2. The Labute approximate surface area is 122 Å². The lowest BCUT2D eigenvalue weighted by molar-refractivity contribution is 0.0777. The molecule has 4 rings (SSSR count). The van der Waals surface area contributed by atoms with Gasteiger partial charge in [-0.1, -0.05) is 36.4 Å². The SMILES string of the molecule is O=C1C(=C2OCOc3ccccc32)CCc2ccccc21. The molecule has 0 amide bonds. The van der Waals surface area contributed by atoms with Gasteiger partial charge in [0.05, 0.1) is 5.56 Å². The second-order valence-corrected chi connectivity index (χ2v) is 5.20. The minimum absolute atomic E-state index is 0.0727. The summed E-state index contributed by atoms with van der Waals surface area (Å²) in [6.07, 6.45) is 1.58. The van der Waals surface area contributed by atoms with Crippen molar-refractivity contribution in [3.8, 4) is 5.75 Å². The van der Waals surface area contributed by atoms with E-state index in [9.17, 15) is 4.79 Å². The maximum Gasteiger partial charge on any atom is 0.230 e. The molecule has 2 aromatic rings. The quantitative estimate of drug-likeness (QED) is 0.691. The van der Waals surface area contributed by atoms with Crippen LogP contribution in [-0.4, -0.2) is 12.6 Å². The van der Waals surface area contributed by atoms with E-state index in [1.54, 1.807) is 0 Å². The Kier molecular flexibility index (Phi) is 2.78. The molecule has 21 heavy (non-hydrogen) atoms. The number of benzene rings is 2. The number of aryl methyl sites for hydroxylation is 1. The Morgan fingerprint density at radius 2 is 1.57 bits per heavy atom. The number of ketones is 1. The van der Waals surface area contributed by atoms with Gasteiger partial charge < -0.3 is 9.47 Å². The fourth-order valence-corrected chi connectivity index (χ4v) is 2.97. The molecule has 0 saturated heterocycles. The molecule has 3 nitrogen and oxygen atoms in total. The number of carbonyl (C=O) groups is 1. The predicted octanol–water partition coefficient (Wildman–Crippen LogP) is 3.59. The predicted molar refractivity (Wildman–Crippen MR) is 79.0 cm³/mol. The van der Waals surface area contributed by atoms with Gasteiger partial charge in [0.15, 0.2) is 5.78 Å². The fraction of sp³-hybridized carbons (Fsp3) is 0.167. The van der Waals surface area contributed by atoms with Gasteiger partial charge in [0.25, 0.3) is 0 Å². The van der Waals surface area contributed by atoms with E-state index in [1.807, 2.05) is 48.5 Å². The van der Waals surface area contributed by atoms with E-state index in [0.29, 0.717) is 12.2 Å². The van der Waals surface area contributed by atoms with E-state index >= 15 is 0 Å². The van der Waals surface area contributed by atoms with Crippen LogP contribution in [0.5, 0.6) is 5.75 Å². The summed E-state index contributed by atoms with van der Waals surface area (Å²) in [7, 11) is 0. The third-order valence-electron chi connectivity index (χ3n) is 4.00. The van der Waals surface area contributed by atoms with Crippen molar-refractivity contribution in [3.63, 3.8) is 0 Å². The highest BCUT2D eigenvalue weighted by atomic mass is 16.7. The van der Waals surface area contributed by atoms with Crippen LogP contribution < -0.4 is 4.74 Å². The molecule has 2 aromatic carbocycles. The summed E-state index contributed by atoms with van der Waals surface area (Å²) < 4.78 is 11.1. The van der Waals surface area contributed by atoms with Crippen LogP contribution in [0.25, 0.3) is 5.76 Å². The summed E-state index contributed by atoms with van der Waals surface area (Å²) in [5.41, 5.74) is 3.53. The Bertz CT molecular complexity index is 759. The topological polar surface area (TPSA) is 35.5 Å². The van der Waals surface area contributed by atoms with E-state index < -0.39 is 0 Å². The minimum Gasteiger partial charge on any atom is -0.457 e. The van der Waals surface area contributed by atoms with Crippen LogP contribution in [0.3, 0.4) is 0 Å². The first-order valence-corrected chi connectivity index (χ1v) is 7.05. The van der Waals surface area contributed by atoms with Crippen molar-refractivity contribution >= 4 is 11.5 Å². The molecule has 104 valence electrons. The number of hydrogen-bond acceptors (Lipinski definition) is 3. The highest BCUT2D eigenvalue weighted by Gasteiger charge is 2.28. The summed E-state index contributed by atoms with van der Waals surface area (Å²) in [6.45, 7) is 0.158. The molecule has 0 bridgehead atoms. The van der Waals surface area contributed by atoms with Gasteiger partial charge >= 0.3 is 0 Å². The summed E-state index contributed by atoms with van der Waals surface area (Å²) in [5.74, 6) is 1.53. The normalized spacial score (nSPS) is 20.1. The van der Waals surface area contributed by atoms with Crippen LogP contribution in [0.2, 0.25) is 0 Å². The number of allylic oxidation sites excluding steroid dienone is 1. The molecule has 1 aliphatic heterocycles. The number of rotatable bonds is 0. The van der Waals surface area contributed by atoms with Crippen molar-refractivity contribution in [2.75, 3.05) is 6.79 Å². The molecule has 0 radical (unpaired) electrons. The average Bonchev–Trinajstić information content (AvgIpc) is 2.55. The highest BCUT2D eigenvalue weighted by molar-refractivity contribution is 6.14. The van der Waals surface area contributed by atoms with Crippen molar-refractivity contribution in [1.82, 2.24) is 0 Å². The molecule has 0 unspecified atom stereocenters. The zero-order valence-corrected chi connectivity index (χ0v) is 11.5. The van der Waals surface area contributed by atoms with Gasteiger partial charge in [-0.3, -0.25) is 4.79 Å². The Morgan fingerprint density at radius 1 is 0.810 bits per heavy atom. The van der Waals surface area contributed by atoms with Crippen LogP contribution in [0.4, 0.5) is 0 Å². The second kappa shape index (κ2) is 4.77. The van der Waals surface area contributed by atoms with Crippen molar-refractivity contribution in [1.29, 1.82) is 0 Å². The van der Waals surface area contributed by atoms with Gasteiger partial charge in [0.1, 0.15) is 11.5 Å². The summed E-state index contributed by atoms with van der Waals surface area (Å²) in [5, 5.41) is 0. The lowest BCUT2D eigenvalue weighted by Gasteiger charge is -2.25. The van der Waals surface area contributed by atoms with Gasteiger partial charge in [0.2, 0.25) is 6.79 Å². The standard InChI is InChI=1S/C18H14O3/c19-17-13-6-2-1-5-12(13)9-10-15(17)18-14-7-3-4-8-16(14)20-11-21-18/h1-8H,9-11H2. The van der Waals surface area contributed by atoms with Crippen molar-refractivity contribution in [2.45, 2.75) is 12.8 Å². The molecule has 3 heteroatoms.